The molecule has 1 unspecified atom stereocenters. The summed E-state index contributed by atoms with van der Waals surface area (Å²) in [7, 11) is 1.37. The van der Waals surface area contributed by atoms with Gasteiger partial charge in [0.2, 0.25) is 5.95 Å². The molecule has 3 heterocycles. The van der Waals surface area contributed by atoms with Crippen LogP contribution in [0.25, 0.3) is 27.7 Å². The summed E-state index contributed by atoms with van der Waals surface area (Å²) < 4.78 is 34.4. The number of halogens is 2. The van der Waals surface area contributed by atoms with Crippen molar-refractivity contribution >= 4 is 10.9 Å². The highest BCUT2D eigenvalue weighted by Crippen LogP contribution is 2.31. The lowest BCUT2D eigenvalue weighted by atomic mass is 10.0. The number of ether oxygens (including phenoxy) is 1. The maximum Gasteiger partial charge on any atom is 0.266 e. The highest BCUT2D eigenvalue weighted by Gasteiger charge is 2.25. The summed E-state index contributed by atoms with van der Waals surface area (Å²) in [6, 6.07) is 11.9. The second kappa shape index (κ2) is 8.65. The number of nitrogens with one attached hydrogen (secondary N) is 1. The van der Waals surface area contributed by atoms with Crippen LogP contribution in [0, 0.1) is 23.1 Å². The molecule has 1 aliphatic rings. The van der Waals surface area contributed by atoms with Gasteiger partial charge in [-0.15, -0.1) is 0 Å². The first-order chi connectivity index (χ1) is 16.5. The van der Waals surface area contributed by atoms with Crippen LogP contribution in [-0.2, 0) is 0 Å². The van der Waals surface area contributed by atoms with Gasteiger partial charge in [0.1, 0.15) is 5.82 Å². The molecular weight excluding hydrogens is 440 g/mol. The van der Waals surface area contributed by atoms with Crippen molar-refractivity contribution in [2.75, 3.05) is 13.7 Å². The molecule has 170 valence electrons. The fourth-order valence-corrected chi connectivity index (χ4v) is 4.31. The smallest absolute Gasteiger partial charge is 0.266 e. The second-order valence-corrected chi connectivity index (χ2v) is 7.98. The monoisotopic (exact) mass is 459 g/mol. The zero-order valence-corrected chi connectivity index (χ0v) is 18.2. The lowest BCUT2D eigenvalue weighted by Crippen LogP contribution is -2.29. The summed E-state index contributed by atoms with van der Waals surface area (Å²) in [4.78, 5) is 22.4. The highest BCUT2D eigenvalue weighted by atomic mass is 19.1. The third-order valence-electron chi connectivity index (χ3n) is 5.93. The predicted octanol–water partition coefficient (Wildman–Crippen LogP) is 4.03. The molecule has 0 spiro atoms. The van der Waals surface area contributed by atoms with E-state index in [2.05, 4.69) is 16.4 Å². The van der Waals surface area contributed by atoms with Gasteiger partial charge in [0.15, 0.2) is 11.6 Å². The summed E-state index contributed by atoms with van der Waals surface area (Å²) in [6.45, 7) is 0.762. The maximum absolute atomic E-state index is 14.6. The summed E-state index contributed by atoms with van der Waals surface area (Å²) in [5.74, 6) is -0.761. The van der Waals surface area contributed by atoms with Crippen LogP contribution in [0.15, 0.2) is 53.5 Å². The molecule has 1 atom stereocenters. The summed E-state index contributed by atoms with van der Waals surface area (Å²) in [5.41, 5.74) is 1.48. The minimum absolute atomic E-state index is 0.0592. The molecule has 0 radical (unpaired) electrons. The maximum atomic E-state index is 14.6. The number of pyridine rings is 1. The van der Waals surface area contributed by atoms with Crippen molar-refractivity contribution in [3.8, 4) is 28.6 Å². The van der Waals surface area contributed by atoms with E-state index < -0.39 is 17.3 Å². The van der Waals surface area contributed by atoms with Crippen molar-refractivity contribution in [2.45, 2.75) is 18.9 Å². The number of aromatic nitrogens is 3. The van der Waals surface area contributed by atoms with Crippen molar-refractivity contribution in [2.24, 2.45) is 0 Å². The largest absolute Gasteiger partial charge is 0.494 e. The topological polar surface area (TPSA) is 92.8 Å². The standard InChI is InChI=1S/C25H19F2N5O2/c1-34-21-6-5-16(11-19(21)26)32-24(20-3-2-8-29-20)31-23-17(15-4-7-22(27)30-13-15)9-14(12-28)10-18(23)25(32)33/h4-7,9-11,13,20,29H,2-3,8H2,1H3. The zero-order valence-electron chi connectivity index (χ0n) is 18.2. The molecule has 0 bridgehead atoms. The van der Waals surface area contributed by atoms with Crippen LogP contribution < -0.4 is 15.6 Å². The highest BCUT2D eigenvalue weighted by molar-refractivity contribution is 5.94. The Morgan fingerprint density at radius 2 is 2.06 bits per heavy atom. The van der Waals surface area contributed by atoms with Crippen molar-refractivity contribution < 1.29 is 13.5 Å². The average Bonchev–Trinajstić information content (AvgIpc) is 3.39. The Bertz CT molecular complexity index is 1500. The number of benzene rings is 2. The van der Waals surface area contributed by atoms with Crippen LogP contribution in [0.2, 0.25) is 0 Å². The number of rotatable bonds is 4. The van der Waals surface area contributed by atoms with E-state index in [1.54, 1.807) is 12.1 Å². The molecule has 2 aromatic carbocycles. The van der Waals surface area contributed by atoms with Crippen LogP contribution in [0.5, 0.6) is 5.75 Å². The van der Waals surface area contributed by atoms with Gasteiger partial charge in [-0.25, -0.2) is 14.4 Å². The van der Waals surface area contributed by atoms with Crippen molar-refractivity contribution in [1.29, 1.82) is 5.26 Å². The molecule has 0 amide bonds. The van der Waals surface area contributed by atoms with E-state index >= 15 is 0 Å². The average molecular weight is 459 g/mol. The summed E-state index contributed by atoms with van der Waals surface area (Å²) in [6.07, 6.45) is 2.99. The normalized spacial score (nSPS) is 15.4. The molecule has 4 aromatic rings. The second-order valence-electron chi connectivity index (χ2n) is 7.98. The van der Waals surface area contributed by atoms with Gasteiger partial charge in [-0.1, -0.05) is 0 Å². The SMILES string of the molecule is COc1ccc(-n2c(C3CCCN3)nc3c(-c4ccc(F)nc4)cc(C#N)cc3c2=O)cc1F. The Morgan fingerprint density at radius 1 is 1.21 bits per heavy atom. The van der Waals surface area contributed by atoms with Crippen LogP contribution in [0.3, 0.4) is 0 Å². The van der Waals surface area contributed by atoms with Gasteiger partial charge >= 0.3 is 0 Å². The summed E-state index contributed by atoms with van der Waals surface area (Å²) in [5, 5.41) is 13.1. The van der Waals surface area contributed by atoms with Crippen LogP contribution >= 0.6 is 0 Å². The lowest BCUT2D eigenvalue weighted by molar-refractivity contribution is 0.386. The van der Waals surface area contributed by atoms with E-state index in [9.17, 15) is 18.8 Å². The van der Waals surface area contributed by atoms with Gasteiger partial charge in [0.25, 0.3) is 5.56 Å². The Morgan fingerprint density at radius 3 is 2.71 bits per heavy atom. The van der Waals surface area contributed by atoms with Crippen LogP contribution in [0.1, 0.15) is 30.3 Å². The molecule has 0 saturated carbocycles. The first kappa shape index (κ1) is 21.7. The van der Waals surface area contributed by atoms with Gasteiger partial charge in [0.05, 0.1) is 41.4 Å². The van der Waals surface area contributed by atoms with Crippen LogP contribution in [-0.4, -0.2) is 28.2 Å². The minimum Gasteiger partial charge on any atom is -0.494 e. The molecular formula is C25H19F2N5O2. The molecule has 5 rings (SSSR count). The molecule has 1 saturated heterocycles. The van der Waals surface area contributed by atoms with Crippen molar-refractivity contribution in [1.82, 2.24) is 19.9 Å². The lowest BCUT2D eigenvalue weighted by Gasteiger charge is -2.20. The first-order valence-electron chi connectivity index (χ1n) is 10.7. The number of methoxy groups -OCH3 is 1. The van der Waals surface area contributed by atoms with Crippen molar-refractivity contribution in [3.63, 3.8) is 0 Å². The first-order valence-corrected chi connectivity index (χ1v) is 10.7. The third kappa shape index (κ3) is 3.68. The number of hydrogen-bond acceptors (Lipinski definition) is 6. The molecule has 1 fully saturated rings. The zero-order chi connectivity index (χ0) is 23.8. The molecule has 7 nitrogen and oxygen atoms in total. The van der Waals surface area contributed by atoms with E-state index in [1.165, 1.54) is 48.2 Å². The fraction of sp³-hybridized carbons (Fsp3) is 0.200. The fourth-order valence-electron chi connectivity index (χ4n) is 4.31. The predicted molar refractivity (Wildman–Crippen MR) is 122 cm³/mol. The quantitative estimate of drug-likeness (QED) is 0.463. The summed E-state index contributed by atoms with van der Waals surface area (Å²) >= 11 is 0. The minimum atomic E-state index is -0.641. The van der Waals surface area contributed by atoms with Gasteiger partial charge < -0.3 is 10.1 Å². The van der Waals surface area contributed by atoms with E-state index in [0.29, 0.717) is 28.2 Å². The van der Waals surface area contributed by atoms with Gasteiger partial charge in [-0.3, -0.25) is 9.36 Å². The van der Waals surface area contributed by atoms with Crippen LogP contribution in [0.4, 0.5) is 8.78 Å². The molecule has 2 aromatic heterocycles. The molecule has 9 heteroatoms. The number of nitrogens with zero attached hydrogens (tertiary/aromatic N) is 4. The van der Waals surface area contributed by atoms with Gasteiger partial charge in [-0.2, -0.15) is 9.65 Å². The van der Waals surface area contributed by atoms with E-state index in [0.717, 1.165) is 19.4 Å². The van der Waals surface area contributed by atoms with Gasteiger partial charge in [-0.05, 0) is 55.8 Å². The van der Waals surface area contributed by atoms with E-state index in [4.69, 9.17) is 9.72 Å². The molecule has 34 heavy (non-hydrogen) atoms. The molecule has 1 N–H and O–H groups in total. The third-order valence-corrected chi connectivity index (χ3v) is 5.93. The van der Waals surface area contributed by atoms with E-state index in [-0.39, 0.29) is 22.7 Å². The Kier molecular flexibility index (Phi) is 5.51. The number of nitriles is 1. The number of fused-ring (bicyclic) bond motifs is 1. The number of hydrogen-bond donors (Lipinski definition) is 1. The Hall–Kier alpha value is -4.16. The Balaban J connectivity index is 1.85. The van der Waals surface area contributed by atoms with Crippen molar-refractivity contribution in [3.05, 3.63) is 82.2 Å². The van der Waals surface area contributed by atoms with Gasteiger partial charge in [0, 0.05) is 23.4 Å². The van der Waals surface area contributed by atoms with E-state index in [1.807, 2.05) is 0 Å². The molecule has 1 aliphatic heterocycles. The Labute approximate surface area is 193 Å². The molecule has 0 aliphatic carbocycles.